The highest BCUT2D eigenvalue weighted by molar-refractivity contribution is 9.11. The largest absolute Gasteiger partial charge is 0.290 e. The molecule has 0 fully saturated rings. The summed E-state index contributed by atoms with van der Waals surface area (Å²) in [6.45, 7) is 0. The van der Waals surface area contributed by atoms with Crippen LogP contribution in [0.5, 0.6) is 0 Å². The van der Waals surface area contributed by atoms with E-state index in [-0.39, 0.29) is 5.78 Å². The summed E-state index contributed by atoms with van der Waals surface area (Å²) in [6, 6.07) is 0. The van der Waals surface area contributed by atoms with Crippen LogP contribution in [0.1, 0.15) is 0 Å². The number of allylic oxidation sites excluding steroid dienone is 8. The molecule has 0 heterocycles. The predicted octanol–water partition coefficient (Wildman–Crippen LogP) is 2.52. The zero-order chi connectivity index (χ0) is 8.10. The van der Waals surface area contributed by atoms with Crippen molar-refractivity contribution in [3.63, 3.8) is 0 Å². The molecule has 0 saturated carbocycles. The van der Waals surface area contributed by atoms with Gasteiger partial charge in [0.25, 0.3) is 0 Å². The highest BCUT2D eigenvalue weighted by atomic mass is 79.9. The second kappa shape index (κ2) is 4.09. The second-order valence-electron chi connectivity index (χ2n) is 2.03. The van der Waals surface area contributed by atoms with Crippen LogP contribution in [0.25, 0.3) is 0 Å². The van der Waals surface area contributed by atoms with Gasteiger partial charge in [-0.15, -0.1) is 0 Å². The first-order valence-corrected chi connectivity index (χ1v) is 4.01. The first-order chi connectivity index (χ1) is 5.29. The van der Waals surface area contributed by atoms with Gasteiger partial charge in [0.1, 0.15) is 0 Å². The van der Waals surface area contributed by atoms with E-state index in [9.17, 15) is 4.79 Å². The minimum Gasteiger partial charge on any atom is -0.290 e. The van der Waals surface area contributed by atoms with Gasteiger partial charge >= 0.3 is 0 Å². The van der Waals surface area contributed by atoms with Crippen LogP contribution >= 0.6 is 15.9 Å². The summed E-state index contributed by atoms with van der Waals surface area (Å²) in [4.78, 5) is 10.8. The van der Waals surface area contributed by atoms with Gasteiger partial charge in [0, 0.05) is 4.48 Å². The lowest BCUT2D eigenvalue weighted by Crippen LogP contribution is -1.81. The minimum atomic E-state index is 0.00750. The monoisotopic (exact) mass is 210 g/mol. The molecule has 0 aromatic carbocycles. The van der Waals surface area contributed by atoms with Crippen LogP contribution in [0.3, 0.4) is 0 Å². The third-order valence-corrected chi connectivity index (χ3v) is 1.67. The van der Waals surface area contributed by atoms with E-state index in [2.05, 4.69) is 15.9 Å². The SMILES string of the molecule is O=C1\C=C/C=C\C(Br)=C/C=C\1. The van der Waals surface area contributed by atoms with Gasteiger partial charge in [-0.1, -0.05) is 34.2 Å². The van der Waals surface area contributed by atoms with E-state index in [1.807, 2.05) is 18.2 Å². The molecule has 0 aromatic heterocycles. The summed E-state index contributed by atoms with van der Waals surface area (Å²) in [7, 11) is 0. The van der Waals surface area contributed by atoms with Gasteiger partial charge in [-0.2, -0.15) is 0 Å². The van der Waals surface area contributed by atoms with Gasteiger partial charge in [-0.25, -0.2) is 0 Å². The predicted molar refractivity (Wildman–Crippen MR) is 49.4 cm³/mol. The molecule has 0 aliphatic heterocycles. The van der Waals surface area contributed by atoms with Crippen molar-refractivity contribution in [2.45, 2.75) is 0 Å². The summed E-state index contributed by atoms with van der Waals surface area (Å²) in [5.74, 6) is 0.00750. The van der Waals surface area contributed by atoms with Crippen molar-refractivity contribution in [2.24, 2.45) is 0 Å². The number of ketones is 1. The van der Waals surface area contributed by atoms with E-state index in [0.717, 1.165) is 4.48 Å². The van der Waals surface area contributed by atoms with Crippen LogP contribution in [0.15, 0.2) is 47.0 Å². The number of halogens is 1. The maximum absolute atomic E-state index is 10.8. The molecule has 1 rings (SSSR count). The lowest BCUT2D eigenvalue weighted by molar-refractivity contribution is -0.110. The molecule has 0 amide bonds. The van der Waals surface area contributed by atoms with Gasteiger partial charge in [-0.05, 0) is 24.3 Å². The molecule has 0 N–H and O–H groups in total. The molecule has 0 radical (unpaired) electrons. The van der Waals surface area contributed by atoms with E-state index < -0.39 is 0 Å². The van der Waals surface area contributed by atoms with Crippen molar-refractivity contribution >= 4 is 21.7 Å². The van der Waals surface area contributed by atoms with Crippen LogP contribution in [0.4, 0.5) is 0 Å². The Kier molecular flexibility index (Phi) is 3.05. The third kappa shape index (κ3) is 3.14. The van der Waals surface area contributed by atoms with Crippen molar-refractivity contribution in [3.8, 4) is 0 Å². The summed E-state index contributed by atoms with van der Waals surface area (Å²) < 4.78 is 0.952. The van der Waals surface area contributed by atoms with E-state index in [1.165, 1.54) is 12.2 Å². The van der Waals surface area contributed by atoms with Crippen molar-refractivity contribution in [1.29, 1.82) is 0 Å². The van der Waals surface area contributed by atoms with Gasteiger partial charge in [0.05, 0.1) is 0 Å². The lowest BCUT2D eigenvalue weighted by Gasteiger charge is -1.80. The highest BCUT2D eigenvalue weighted by Gasteiger charge is 1.87. The molecule has 0 atom stereocenters. The fourth-order valence-electron chi connectivity index (χ4n) is 0.644. The summed E-state index contributed by atoms with van der Waals surface area (Å²) in [5, 5.41) is 0. The number of carbonyl (C=O) groups excluding carboxylic acids is 1. The van der Waals surface area contributed by atoms with Gasteiger partial charge in [0.2, 0.25) is 0 Å². The van der Waals surface area contributed by atoms with Gasteiger partial charge in [0.15, 0.2) is 5.78 Å². The Labute approximate surface area is 73.9 Å². The Morgan fingerprint density at radius 3 is 2.45 bits per heavy atom. The van der Waals surface area contributed by atoms with E-state index in [4.69, 9.17) is 0 Å². The molecule has 0 bridgehead atoms. The molecule has 2 heteroatoms. The molecule has 1 aliphatic carbocycles. The average Bonchev–Trinajstić information content (AvgIpc) is 2.04. The quantitative estimate of drug-likeness (QED) is 0.601. The maximum Gasteiger partial charge on any atom is 0.178 e. The molecule has 1 aliphatic rings. The van der Waals surface area contributed by atoms with Crippen LogP contribution in [0, 0.1) is 0 Å². The fraction of sp³-hybridized carbons (Fsp3) is 0. The summed E-state index contributed by atoms with van der Waals surface area (Å²) in [5.41, 5.74) is 0. The standard InChI is InChI=1S/C9H7BrO/c10-8-4-1-2-6-9(11)7-3-5-8/h1-7H/b4-1-,6-2-,7-3-,8-5+. The maximum atomic E-state index is 10.8. The van der Waals surface area contributed by atoms with Gasteiger partial charge < -0.3 is 0 Å². The molecule has 0 unspecified atom stereocenters. The Morgan fingerprint density at radius 2 is 1.64 bits per heavy atom. The normalized spacial score (nSPS) is 30.6. The van der Waals surface area contributed by atoms with E-state index in [0.29, 0.717) is 0 Å². The zero-order valence-corrected chi connectivity index (χ0v) is 7.41. The molecule has 11 heavy (non-hydrogen) atoms. The Balaban J connectivity index is 2.89. The lowest BCUT2D eigenvalue weighted by atomic mass is 10.3. The molecule has 0 spiro atoms. The zero-order valence-electron chi connectivity index (χ0n) is 5.83. The first-order valence-electron chi connectivity index (χ1n) is 3.21. The summed E-state index contributed by atoms with van der Waals surface area (Å²) in [6.07, 6.45) is 12.0. The van der Waals surface area contributed by atoms with Crippen LogP contribution in [-0.4, -0.2) is 5.78 Å². The van der Waals surface area contributed by atoms with Crippen molar-refractivity contribution in [1.82, 2.24) is 0 Å². The Morgan fingerprint density at radius 1 is 1.00 bits per heavy atom. The Hall–Kier alpha value is -0.890. The minimum absolute atomic E-state index is 0.00750. The third-order valence-electron chi connectivity index (χ3n) is 1.14. The molecular formula is C9H7BrO. The number of rotatable bonds is 0. The summed E-state index contributed by atoms with van der Waals surface area (Å²) >= 11 is 3.31. The van der Waals surface area contributed by atoms with Gasteiger partial charge in [-0.3, -0.25) is 4.79 Å². The topological polar surface area (TPSA) is 17.1 Å². The Bertz CT molecular complexity index is 269. The van der Waals surface area contributed by atoms with Crippen LogP contribution in [-0.2, 0) is 4.79 Å². The van der Waals surface area contributed by atoms with Crippen molar-refractivity contribution < 1.29 is 4.79 Å². The number of hydrogen-bond acceptors (Lipinski definition) is 1. The van der Waals surface area contributed by atoms with Crippen molar-refractivity contribution in [2.75, 3.05) is 0 Å². The van der Waals surface area contributed by atoms with E-state index >= 15 is 0 Å². The smallest absolute Gasteiger partial charge is 0.178 e. The highest BCUT2D eigenvalue weighted by Crippen LogP contribution is 2.07. The number of carbonyl (C=O) groups is 1. The van der Waals surface area contributed by atoms with Crippen LogP contribution < -0.4 is 0 Å². The van der Waals surface area contributed by atoms with Crippen molar-refractivity contribution in [3.05, 3.63) is 47.0 Å². The van der Waals surface area contributed by atoms with Crippen LogP contribution in [0.2, 0.25) is 0 Å². The average molecular weight is 211 g/mol. The van der Waals surface area contributed by atoms with E-state index in [1.54, 1.807) is 12.2 Å². The molecular weight excluding hydrogens is 204 g/mol. The second-order valence-corrected chi connectivity index (χ2v) is 2.95. The number of hydrogen-bond donors (Lipinski definition) is 0. The fourth-order valence-corrected chi connectivity index (χ4v) is 0.949. The molecule has 0 saturated heterocycles. The molecule has 0 aromatic rings. The first kappa shape index (κ1) is 8.21. The molecule has 56 valence electrons. The molecule has 1 nitrogen and oxygen atoms in total.